The third kappa shape index (κ3) is 6.81. The summed E-state index contributed by atoms with van der Waals surface area (Å²) < 4.78 is 43.2. The normalized spacial score (nSPS) is 13.2. The molecule has 0 N–H and O–H groups in total. The average Bonchev–Trinajstić information content (AvgIpc) is 3.51. The number of imidazole rings is 1. The molecule has 14 heteroatoms. The molecule has 42 heavy (non-hydrogen) atoms. The Morgan fingerprint density at radius 3 is 2.60 bits per heavy atom. The van der Waals surface area contributed by atoms with Crippen LogP contribution in [0.4, 0.5) is 0 Å². The quantitative estimate of drug-likeness (QED) is 0.132. The average molecular weight is 629 g/mol. The van der Waals surface area contributed by atoms with Crippen LogP contribution in [0.3, 0.4) is 0 Å². The Morgan fingerprint density at radius 1 is 1.07 bits per heavy atom. The van der Waals surface area contributed by atoms with Crippen LogP contribution in [0.15, 0.2) is 48.9 Å². The minimum Gasteiger partial charge on any atom is -0.456 e. The van der Waals surface area contributed by atoms with Gasteiger partial charge in [-0.25, -0.2) is 9.97 Å². The molecule has 5 aromatic rings. The summed E-state index contributed by atoms with van der Waals surface area (Å²) in [4.78, 5) is 13.9. The van der Waals surface area contributed by atoms with Gasteiger partial charge in [0.25, 0.3) is 10.1 Å². The molecule has 222 valence electrons. The molecule has 0 fully saturated rings. The van der Waals surface area contributed by atoms with Gasteiger partial charge in [-0.3, -0.25) is 13.8 Å². The fourth-order valence-corrected chi connectivity index (χ4v) is 5.36. The minimum absolute atomic E-state index is 0.0208. The Bertz CT molecular complexity index is 1870. The van der Waals surface area contributed by atoms with Crippen LogP contribution in [-0.4, -0.2) is 64.4 Å². The first-order valence-electron chi connectivity index (χ1n) is 13.4. The van der Waals surface area contributed by atoms with E-state index in [1.54, 1.807) is 35.4 Å². The Labute approximate surface area is 250 Å². The van der Waals surface area contributed by atoms with Crippen molar-refractivity contribution in [3.63, 3.8) is 0 Å². The van der Waals surface area contributed by atoms with Gasteiger partial charge < -0.3 is 14.0 Å². The molecular formula is C28H33ClN6O5SSi. The van der Waals surface area contributed by atoms with Crippen LogP contribution in [-0.2, 0) is 32.3 Å². The van der Waals surface area contributed by atoms with Gasteiger partial charge in [0, 0.05) is 23.6 Å². The van der Waals surface area contributed by atoms with E-state index in [1.807, 2.05) is 25.1 Å². The van der Waals surface area contributed by atoms with E-state index in [2.05, 4.69) is 41.2 Å². The van der Waals surface area contributed by atoms with Gasteiger partial charge >= 0.3 is 0 Å². The zero-order chi connectivity index (χ0) is 30.2. The first-order valence-corrected chi connectivity index (χ1v) is 19.1. The van der Waals surface area contributed by atoms with Gasteiger partial charge in [-0.05, 0) is 38.1 Å². The molecule has 1 atom stereocenters. The van der Waals surface area contributed by atoms with E-state index >= 15 is 0 Å². The highest BCUT2D eigenvalue weighted by atomic mass is 35.5. The second kappa shape index (κ2) is 11.7. The molecule has 0 aliphatic heterocycles. The molecule has 0 aliphatic rings. The van der Waals surface area contributed by atoms with Gasteiger partial charge in [-0.15, -0.1) is 0 Å². The SMILES string of the molecule is Cc1nc2cc(Oc3ccc4ncc(-c5cnn(CCOS(C)(=O)=O)c5)nc4c3Cl)ccc2n1COC(C)[Si](C)(C)C. The largest absolute Gasteiger partial charge is 0.456 e. The van der Waals surface area contributed by atoms with Crippen molar-refractivity contribution in [3.8, 4) is 22.8 Å². The highest BCUT2D eigenvalue weighted by molar-refractivity contribution is 7.85. The molecule has 1 unspecified atom stereocenters. The number of rotatable bonds is 11. The summed E-state index contributed by atoms with van der Waals surface area (Å²) in [5, 5.41) is 4.58. The molecule has 0 radical (unpaired) electrons. The lowest BCUT2D eigenvalue weighted by atomic mass is 10.2. The molecule has 0 bridgehead atoms. The summed E-state index contributed by atoms with van der Waals surface area (Å²) in [7, 11) is -4.93. The van der Waals surface area contributed by atoms with Crippen molar-refractivity contribution in [3.05, 3.63) is 59.8 Å². The van der Waals surface area contributed by atoms with Gasteiger partial charge in [0.15, 0.2) is 0 Å². The Hall–Kier alpha value is -3.36. The molecule has 0 saturated carbocycles. The number of benzene rings is 2. The van der Waals surface area contributed by atoms with E-state index < -0.39 is 18.2 Å². The van der Waals surface area contributed by atoms with Gasteiger partial charge in [-0.1, -0.05) is 31.2 Å². The van der Waals surface area contributed by atoms with Crippen molar-refractivity contribution in [2.45, 2.75) is 52.5 Å². The molecule has 2 aromatic carbocycles. The van der Waals surface area contributed by atoms with Crippen molar-refractivity contribution >= 4 is 51.9 Å². The number of nitrogens with zero attached hydrogens (tertiary/aromatic N) is 6. The van der Waals surface area contributed by atoms with Crippen LogP contribution in [0.25, 0.3) is 33.3 Å². The lowest BCUT2D eigenvalue weighted by Crippen LogP contribution is -2.38. The molecule has 5 rings (SSSR count). The van der Waals surface area contributed by atoms with Crippen molar-refractivity contribution in [1.29, 1.82) is 0 Å². The summed E-state index contributed by atoms with van der Waals surface area (Å²) in [5.41, 5.74) is 4.33. The van der Waals surface area contributed by atoms with E-state index in [-0.39, 0.29) is 18.9 Å². The predicted octanol–water partition coefficient (Wildman–Crippen LogP) is 5.81. The van der Waals surface area contributed by atoms with Gasteiger partial charge in [0.2, 0.25) is 0 Å². The molecule has 0 saturated heterocycles. The van der Waals surface area contributed by atoms with Crippen LogP contribution in [0, 0.1) is 6.92 Å². The zero-order valence-electron chi connectivity index (χ0n) is 24.3. The lowest BCUT2D eigenvalue weighted by molar-refractivity contribution is 0.0578. The monoisotopic (exact) mass is 628 g/mol. The van der Waals surface area contributed by atoms with Crippen LogP contribution < -0.4 is 4.74 Å². The Balaban J connectivity index is 1.35. The Morgan fingerprint density at radius 2 is 1.86 bits per heavy atom. The third-order valence-corrected chi connectivity index (χ3v) is 10.5. The third-order valence-electron chi connectivity index (χ3n) is 6.98. The number of halogens is 1. The number of ether oxygens (including phenoxy) is 2. The van der Waals surface area contributed by atoms with Crippen molar-refractivity contribution in [2.24, 2.45) is 0 Å². The lowest BCUT2D eigenvalue weighted by Gasteiger charge is -2.25. The van der Waals surface area contributed by atoms with Crippen LogP contribution >= 0.6 is 11.6 Å². The second-order valence-electron chi connectivity index (χ2n) is 11.2. The fraction of sp³-hybridized carbons (Fsp3) is 0.357. The number of aryl methyl sites for hydroxylation is 1. The molecule has 0 aliphatic carbocycles. The van der Waals surface area contributed by atoms with Crippen LogP contribution in [0.2, 0.25) is 24.7 Å². The predicted molar refractivity (Wildman–Crippen MR) is 165 cm³/mol. The molecule has 3 heterocycles. The smallest absolute Gasteiger partial charge is 0.264 e. The van der Waals surface area contributed by atoms with Crippen molar-refractivity contribution in [2.75, 3.05) is 12.9 Å². The summed E-state index contributed by atoms with van der Waals surface area (Å²) in [6.07, 6.45) is 6.00. The standard InChI is InChI=1S/C28H33ClN6O5SSi/c1-18-32-23-13-21(7-9-25(23)35(18)17-38-19(2)42(4,5)6)40-26-10-8-22-28(27(26)29)33-24(15-30-22)20-14-31-34(16-20)11-12-39-41(3,36)37/h7-10,13-16,19H,11-12,17H2,1-6H3. The minimum atomic E-state index is -3.52. The van der Waals surface area contributed by atoms with E-state index in [4.69, 9.17) is 35.2 Å². The van der Waals surface area contributed by atoms with E-state index in [1.165, 1.54) is 0 Å². The number of hydrogen-bond acceptors (Lipinski definition) is 9. The van der Waals surface area contributed by atoms with Gasteiger partial charge in [0.1, 0.15) is 34.6 Å². The van der Waals surface area contributed by atoms with Crippen molar-refractivity contribution in [1.82, 2.24) is 29.3 Å². The number of fused-ring (bicyclic) bond motifs is 2. The topological polar surface area (TPSA) is 123 Å². The fourth-order valence-electron chi connectivity index (χ4n) is 4.16. The van der Waals surface area contributed by atoms with E-state index in [0.717, 1.165) is 23.1 Å². The molecule has 0 spiro atoms. The molecule has 3 aromatic heterocycles. The maximum Gasteiger partial charge on any atom is 0.264 e. The summed E-state index contributed by atoms with van der Waals surface area (Å²) in [6, 6.07) is 9.29. The van der Waals surface area contributed by atoms with Gasteiger partial charge in [0.05, 0.1) is 62.1 Å². The van der Waals surface area contributed by atoms with Crippen LogP contribution in [0.1, 0.15) is 12.7 Å². The second-order valence-corrected chi connectivity index (χ2v) is 18.7. The van der Waals surface area contributed by atoms with Crippen molar-refractivity contribution < 1.29 is 22.1 Å². The summed E-state index contributed by atoms with van der Waals surface area (Å²) in [6.45, 7) is 11.7. The van der Waals surface area contributed by atoms with E-state index in [0.29, 0.717) is 45.5 Å². The maximum absolute atomic E-state index is 11.2. The van der Waals surface area contributed by atoms with Gasteiger partial charge in [-0.2, -0.15) is 13.5 Å². The summed E-state index contributed by atoms with van der Waals surface area (Å²) >= 11 is 6.77. The van der Waals surface area contributed by atoms with Crippen LogP contribution in [0.5, 0.6) is 11.5 Å². The molecular weight excluding hydrogens is 596 g/mol. The summed E-state index contributed by atoms with van der Waals surface area (Å²) in [5.74, 6) is 1.89. The maximum atomic E-state index is 11.2. The Kier molecular flexibility index (Phi) is 8.41. The first kappa shape index (κ1) is 30.1. The zero-order valence-corrected chi connectivity index (χ0v) is 26.9. The van der Waals surface area contributed by atoms with E-state index in [9.17, 15) is 8.42 Å². The highest BCUT2D eigenvalue weighted by Crippen LogP contribution is 2.36. The highest BCUT2D eigenvalue weighted by Gasteiger charge is 2.23. The molecule has 0 amide bonds. The number of hydrogen-bond donors (Lipinski definition) is 0. The number of aromatic nitrogens is 6. The molecule has 11 nitrogen and oxygen atoms in total. The first-order chi connectivity index (χ1) is 19.8.